The first kappa shape index (κ1) is 37.3. The summed E-state index contributed by atoms with van der Waals surface area (Å²) in [6, 6.07) is 2.74. The van der Waals surface area contributed by atoms with Gasteiger partial charge in [-0.2, -0.15) is 0 Å². The van der Waals surface area contributed by atoms with Crippen LogP contribution in [0.5, 0.6) is 0 Å². The Hall–Kier alpha value is -3.43. The summed E-state index contributed by atoms with van der Waals surface area (Å²) < 4.78 is 27.7. The Morgan fingerprint density at radius 2 is 1.86 bits per heavy atom. The molecule has 278 valence electrons. The Bertz CT molecular complexity index is 1840. The van der Waals surface area contributed by atoms with E-state index in [1.807, 2.05) is 33.8 Å². The number of aromatic nitrogens is 1. The van der Waals surface area contributed by atoms with E-state index in [0.717, 1.165) is 10.4 Å². The maximum absolute atomic E-state index is 14.8. The summed E-state index contributed by atoms with van der Waals surface area (Å²) in [4.78, 5) is 63.8. The molecular formula is C35H47ClN6O7S2. The van der Waals surface area contributed by atoms with Crippen LogP contribution in [0.4, 0.5) is 9.93 Å². The fourth-order valence-corrected chi connectivity index (χ4v) is 10.0. The SMILES string of the molecule is CC[C@@H]1C[C@]1(NC(=O)[C@@H]1C[C@@H](C2c3cccc(Cl)c3CN2C(=O)O)CN1C(=O)C(Nc1ncc(C(C)C)s1)C(C)(C)C)C(=O)NS(=O)(=O)C1CC1. The number of hydrogen-bond donors (Lipinski definition) is 4. The number of benzene rings is 1. The van der Waals surface area contributed by atoms with Crippen LogP contribution in [-0.2, 0) is 31.0 Å². The molecule has 16 heteroatoms. The number of anilines is 1. The highest BCUT2D eigenvalue weighted by Gasteiger charge is 2.62. The molecule has 4 amide bonds. The molecule has 6 rings (SSSR count). The first-order chi connectivity index (χ1) is 23.9. The third kappa shape index (κ3) is 7.17. The number of thiazole rings is 1. The van der Waals surface area contributed by atoms with E-state index in [2.05, 4.69) is 34.2 Å². The minimum atomic E-state index is -3.87. The van der Waals surface area contributed by atoms with Gasteiger partial charge >= 0.3 is 6.09 Å². The molecule has 3 fully saturated rings. The molecule has 2 unspecified atom stereocenters. The van der Waals surface area contributed by atoms with Crippen molar-refractivity contribution in [3.8, 4) is 0 Å². The van der Waals surface area contributed by atoms with Crippen molar-refractivity contribution < 1.29 is 32.7 Å². The van der Waals surface area contributed by atoms with Gasteiger partial charge in [0.25, 0.3) is 5.91 Å². The van der Waals surface area contributed by atoms with Crippen molar-refractivity contribution in [3.05, 3.63) is 45.4 Å². The van der Waals surface area contributed by atoms with Crippen molar-refractivity contribution in [3.63, 3.8) is 0 Å². The highest BCUT2D eigenvalue weighted by atomic mass is 35.5. The van der Waals surface area contributed by atoms with E-state index in [4.69, 9.17) is 11.6 Å². The maximum Gasteiger partial charge on any atom is 0.408 e. The molecule has 2 aromatic rings. The minimum absolute atomic E-state index is 0.0627. The van der Waals surface area contributed by atoms with E-state index in [0.29, 0.717) is 35.0 Å². The largest absolute Gasteiger partial charge is 0.465 e. The zero-order valence-corrected chi connectivity index (χ0v) is 32.1. The number of amides is 4. The molecular weight excluding hydrogens is 716 g/mol. The first-order valence-corrected chi connectivity index (χ1v) is 20.3. The maximum atomic E-state index is 14.8. The number of hydrogen-bond acceptors (Lipinski definition) is 9. The summed E-state index contributed by atoms with van der Waals surface area (Å²) in [6.45, 7) is 11.9. The van der Waals surface area contributed by atoms with Gasteiger partial charge in [-0.3, -0.25) is 24.0 Å². The van der Waals surface area contributed by atoms with Gasteiger partial charge in [0.2, 0.25) is 21.8 Å². The lowest BCUT2D eigenvalue weighted by Gasteiger charge is -2.36. The van der Waals surface area contributed by atoms with Crippen LogP contribution in [0.15, 0.2) is 24.4 Å². The Kier molecular flexibility index (Phi) is 9.90. The monoisotopic (exact) mass is 762 g/mol. The van der Waals surface area contributed by atoms with Crippen LogP contribution in [0.25, 0.3) is 0 Å². The number of sulfonamides is 1. The van der Waals surface area contributed by atoms with Gasteiger partial charge in [0.15, 0.2) is 5.13 Å². The number of likely N-dealkylation sites (tertiary alicyclic amines) is 1. The summed E-state index contributed by atoms with van der Waals surface area (Å²) in [7, 11) is -3.87. The van der Waals surface area contributed by atoms with Crippen LogP contribution in [0.2, 0.25) is 5.02 Å². The van der Waals surface area contributed by atoms with Crippen LogP contribution in [-0.4, -0.2) is 81.5 Å². The van der Waals surface area contributed by atoms with Crippen molar-refractivity contribution in [2.75, 3.05) is 11.9 Å². The molecule has 2 saturated carbocycles. The van der Waals surface area contributed by atoms with Gasteiger partial charge in [-0.15, -0.1) is 11.3 Å². The predicted molar refractivity (Wildman–Crippen MR) is 194 cm³/mol. The number of carbonyl (C=O) groups is 4. The van der Waals surface area contributed by atoms with Crippen LogP contribution >= 0.6 is 22.9 Å². The Balaban J connectivity index is 1.34. The summed E-state index contributed by atoms with van der Waals surface area (Å²) in [5.41, 5.74) is -0.653. The van der Waals surface area contributed by atoms with Crippen LogP contribution in [0.1, 0.15) is 102 Å². The number of carbonyl (C=O) groups excluding carboxylic acids is 3. The van der Waals surface area contributed by atoms with Gasteiger partial charge in [-0.05, 0) is 60.1 Å². The number of nitrogens with one attached hydrogen (secondary N) is 3. The number of nitrogens with zero attached hydrogens (tertiary/aromatic N) is 3. The molecule has 1 aromatic heterocycles. The predicted octanol–water partition coefficient (Wildman–Crippen LogP) is 5.09. The molecule has 0 radical (unpaired) electrons. The number of rotatable bonds is 11. The van der Waals surface area contributed by atoms with E-state index in [1.54, 1.807) is 18.3 Å². The van der Waals surface area contributed by atoms with E-state index in [9.17, 15) is 32.7 Å². The normalized spacial score (nSPS) is 26.5. The molecule has 0 spiro atoms. The van der Waals surface area contributed by atoms with Gasteiger partial charge in [0.1, 0.15) is 17.6 Å². The molecule has 0 bridgehead atoms. The second kappa shape index (κ2) is 13.5. The number of carboxylic acid groups (broad SMARTS) is 1. The molecule has 4 aliphatic rings. The standard InChI is InChI=1S/C35H47ClN6O7S2/c1-7-20-14-35(20,31(45)40-51(48,49)21-11-12-21)39-29(43)25-13-19(27-22-9-8-10-24(36)23(22)17-42(27)33(46)47)16-41(25)30(44)28(34(4,5)6)38-32-37-15-26(50-32)18(2)3/h8-10,15,18-21,25,27-28H,7,11-14,16-17H2,1-6H3,(H,37,38)(H,39,43)(H,40,45)(H,46,47)/t19-,20-,25+,27?,28?,35-/m1/s1. The lowest BCUT2D eigenvalue weighted by atomic mass is 9.85. The summed E-state index contributed by atoms with van der Waals surface area (Å²) in [5, 5.41) is 16.9. The average molecular weight is 763 g/mol. The van der Waals surface area contributed by atoms with Gasteiger partial charge in [-0.25, -0.2) is 18.2 Å². The van der Waals surface area contributed by atoms with E-state index < -0.39 is 68.2 Å². The molecule has 6 atom stereocenters. The lowest BCUT2D eigenvalue weighted by Crippen LogP contribution is -2.58. The number of fused-ring (bicyclic) bond motifs is 1. The molecule has 51 heavy (non-hydrogen) atoms. The Morgan fingerprint density at radius 3 is 2.43 bits per heavy atom. The number of halogens is 1. The Morgan fingerprint density at radius 1 is 1.16 bits per heavy atom. The lowest BCUT2D eigenvalue weighted by molar-refractivity contribution is -0.141. The summed E-state index contributed by atoms with van der Waals surface area (Å²) in [5.74, 6) is -2.25. The van der Waals surface area contributed by atoms with Crippen molar-refractivity contribution in [1.82, 2.24) is 24.8 Å². The molecule has 1 saturated heterocycles. The second-order valence-corrected chi connectivity index (χ2v) is 19.2. The van der Waals surface area contributed by atoms with E-state index in [-0.39, 0.29) is 43.7 Å². The molecule has 3 heterocycles. The summed E-state index contributed by atoms with van der Waals surface area (Å²) >= 11 is 7.98. The minimum Gasteiger partial charge on any atom is -0.465 e. The fourth-order valence-electron chi connectivity index (χ4n) is 7.59. The van der Waals surface area contributed by atoms with Crippen molar-refractivity contribution >= 4 is 61.9 Å². The molecule has 13 nitrogen and oxygen atoms in total. The molecule has 2 aliphatic carbocycles. The van der Waals surface area contributed by atoms with E-state index in [1.165, 1.54) is 21.1 Å². The highest BCUT2D eigenvalue weighted by molar-refractivity contribution is 7.91. The van der Waals surface area contributed by atoms with Crippen LogP contribution < -0.4 is 15.4 Å². The Labute approximate surface area is 307 Å². The summed E-state index contributed by atoms with van der Waals surface area (Å²) in [6.07, 6.45) is 2.49. The van der Waals surface area contributed by atoms with Crippen LogP contribution in [0, 0.1) is 17.3 Å². The second-order valence-electron chi connectivity index (χ2n) is 15.8. The van der Waals surface area contributed by atoms with Gasteiger partial charge < -0.3 is 20.6 Å². The third-order valence-corrected chi connectivity index (χ3v) is 14.2. The molecule has 4 N–H and O–H groups in total. The van der Waals surface area contributed by atoms with Gasteiger partial charge in [0.05, 0.1) is 17.8 Å². The quantitative estimate of drug-likeness (QED) is 0.243. The van der Waals surface area contributed by atoms with Crippen molar-refractivity contribution in [2.45, 2.75) is 115 Å². The average Bonchev–Trinajstić information content (AvgIpc) is 3.86. The zero-order valence-electron chi connectivity index (χ0n) is 29.7. The third-order valence-electron chi connectivity index (χ3n) is 10.8. The fraction of sp³-hybridized carbons (Fsp3) is 0.629. The van der Waals surface area contributed by atoms with E-state index >= 15 is 0 Å². The highest BCUT2D eigenvalue weighted by Crippen LogP contribution is 2.49. The van der Waals surface area contributed by atoms with Crippen molar-refractivity contribution in [2.24, 2.45) is 17.3 Å². The van der Waals surface area contributed by atoms with Crippen LogP contribution in [0.3, 0.4) is 0 Å². The van der Waals surface area contributed by atoms with Gasteiger partial charge in [0, 0.05) is 28.6 Å². The van der Waals surface area contributed by atoms with Gasteiger partial charge in [-0.1, -0.05) is 71.7 Å². The van der Waals surface area contributed by atoms with Crippen molar-refractivity contribution in [1.29, 1.82) is 0 Å². The smallest absolute Gasteiger partial charge is 0.408 e. The molecule has 2 aliphatic heterocycles. The molecule has 1 aromatic carbocycles. The zero-order chi connectivity index (χ0) is 37.2. The first-order valence-electron chi connectivity index (χ1n) is 17.6. The topological polar surface area (TPSA) is 178 Å².